The van der Waals surface area contributed by atoms with Crippen LogP contribution in [-0.2, 0) is 13.1 Å². The van der Waals surface area contributed by atoms with Crippen LogP contribution in [-0.4, -0.2) is 21.3 Å². The zero-order valence-electron chi connectivity index (χ0n) is 9.80. The van der Waals surface area contributed by atoms with Crippen molar-refractivity contribution in [2.45, 2.75) is 26.4 Å². The molecule has 2 heterocycles. The predicted octanol–water partition coefficient (Wildman–Crippen LogP) is 2.25. The summed E-state index contributed by atoms with van der Waals surface area (Å²) in [5, 5.41) is 9.68. The van der Waals surface area contributed by atoms with Gasteiger partial charge in [0, 0.05) is 24.7 Å². The van der Waals surface area contributed by atoms with Crippen molar-refractivity contribution in [1.29, 1.82) is 0 Å². The van der Waals surface area contributed by atoms with E-state index in [0.29, 0.717) is 0 Å². The summed E-state index contributed by atoms with van der Waals surface area (Å²) in [6.45, 7) is 4.89. The summed E-state index contributed by atoms with van der Waals surface area (Å²) >= 11 is 1.64. The van der Waals surface area contributed by atoms with Crippen LogP contribution in [0.3, 0.4) is 0 Å². The smallest absolute Gasteiger partial charge is 0.0795 e. The SMILES string of the molecule is Cc1cnn(CCCNCc2cscn2)c1.Cl. The second kappa shape index (κ2) is 7.42. The fraction of sp³-hybridized carbons (Fsp3) is 0.455. The third-order valence-electron chi connectivity index (χ3n) is 2.29. The van der Waals surface area contributed by atoms with Crippen LogP contribution < -0.4 is 5.32 Å². The van der Waals surface area contributed by atoms with E-state index in [0.717, 1.165) is 31.7 Å². The Morgan fingerprint density at radius 1 is 1.47 bits per heavy atom. The lowest BCUT2D eigenvalue weighted by Crippen LogP contribution is -2.16. The Kier molecular flexibility index (Phi) is 6.18. The summed E-state index contributed by atoms with van der Waals surface area (Å²) in [5.74, 6) is 0. The van der Waals surface area contributed by atoms with Gasteiger partial charge in [0.25, 0.3) is 0 Å². The topological polar surface area (TPSA) is 42.7 Å². The minimum Gasteiger partial charge on any atom is -0.311 e. The number of nitrogens with zero attached hydrogens (tertiary/aromatic N) is 3. The maximum absolute atomic E-state index is 4.24. The van der Waals surface area contributed by atoms with Gasteiger partial charge in [0.05, 0.1) is 17.4 Å². The Labute approximate surface area is 111 Å². The van der Waals surface area contributed by atoms with E-state index in [2.05, 4.69) is 33.9 Å². The molecule has 0 amide bonds. The van der Waals surface area contributed by atoms with E-state index < -0.39 is 0 Å². The van der Waals surface area contributed by atoms with E-state index in [9.17, 15) is 0 Å². The molecule has 2 rings (SSSR count). The minimum absolute atomic E-state index is 0. The average molecular weight is 273 g/mol. The Morgan fingerprint density at radius 2 is 2.35 bits per heavy atom. The molecule has 0 aliphatic carbocycles. The fourth-order valence-corrected chi connectivity index (χ4v) is 2.05. The van der Waals surface area contributed by atoms with Gasteiger partial charge in [-0.15, -0.1) is 23.7 Å². The van der Waals surface area contributed by atoms with Crippen molar-refractivity contribution in [3.05, 3.63) is 34.5 Å². The van der Waals surface area contributed by atoms with Gasteiger partial charge in [-0.3, -0.25) is 4.68 Å². The number of thiazole rings is 1. The van der Waals surface area contributed by atoms with E-state index in [-0.39, 0.29) is 12.4 Å². The Balaban J connectivity index is 0.00000144. The van der Waals surface area contributed by atoms with E-state index in [1.165, 1.54) is 5.56 Å². The van der Waals surface area contributed by atoms with E-state index in [4.69, 9.17) is 0 Å². The molecule has 2 aromatic rings. The molecule has 0 fully saturated rings. The minimum atomic E-state index is 0. The molecule has 0 spiro atoms. The van der Waals surface area contributed by atoms with Gasteiger partial charge in [0.1, 0.15) is 0 Å². The monoisotopic (exact) mass is 272 g/mol. The van der Waals surface area contributed by atoms with Crippen molar-refractivity contribution in [2.24, 2.45) is 0 Å². The summed E-state index contributed by atoms with van der Waals surface area (Å²) in [6.07, 6.45) is 5.05. The standard InChI is InChI=1S/C11H16N4S.ClH/c1-10-5-14-15(7-10)4-2-3-12-6-11-8-16-9-13-11;/h5,7-9,12H,2-4,6H2,1H3;1H. The Morgan fingerprint density at radius 3 is 3.00 bits per heavy atom. The molecule has 4 nitrogen and oxygen atoms in total. The van der Waals surface area contributed by atoms with E-state index in [1.807, 2.05) is 16.4 Å². The van der Waals surface area contributed by atoms with Gasteiger partial charge in [-0.1, -0.05) is 0 Å². The number of rotatable bonds is 6. The van der Waals surface area contributed by atoms with Crippen molar-refractivity contribution in [3.8, 4) is 0 Å². The number of aromatic nitrogens is 3. The zero-order valence-corrected chi connectivity index (χ0v) is 11.4. The molecule has 0 atom stereocenters. The molecule has 0 radical (unpaired) electrons. The largest absolute Gasteiger partial charge is 0.311 e. The molecule has 0 aliphatic rings. The summed E-state index contributed by atoms with van der Waals surface area (Å²) in [5.41, 5.74) is 4.21. The third-order valence-corrected chi connectivity index (χ3v) is 2.93. The third kappa shape index (κ3) is 4.85. The average Bonchev–Trinajstić information content (AvgIpc) is 2.89. The van der Waals surface area contributed by atoms with Crippen LogP contribution in [0.2, 0.25) is 0 Å². The lowest BCUT2D eigenvalue weighted by atomic mass is 10.4. The highest BCUT2D eigenvalue weighted by Gasteiger charge is 1.95. The Hall–Kier alpha value is -0.910. The predicted molar refractivity (Wildman–Crippen MR) is 72.6 cm³/mol. The second-order valence-electron chi connectivity index (χ2n) is 3.79. The van der Waals surface area contributed by atoms with Crippen molar-refractivity contribution in [1.82, 2.24) is 20.1 Å². The van der Waals surface area contributed by atoms with Gasteiger partial charge in [-0.05, 0) is 25.5 Å². The Bertz CT molecular complexity index is 413. The molecule has 0 saturated carbocycles. The van der Waals surface area contributed by atoms with Gasteiger partial charge in [0.2, 0.25) is 0 Å². The van der Waals surface area contributed by atoms with Crippen LogP contribution >= 0.6 is 23.7 Å². The first-order valence-corrected chi connectivity index (χ1v) is 6.36. The lowest BCUT2D eigenvalue weighted by molar-refractivity contribution is 0.541. The summed E-state index contributed by atoms with van der Waals surface area (Å²) < 4.78 is 1.99. The van der Waals surface area contributed by atoms with E-state index in [1.54, 1.807) is 11.3 Å². The highest BCUT2D eigenvalue weighted by Crippen LogP contribution is 2.00. The van der Waals surface area contributed by atoms with Gasteiger partial charge in [-0.2, -0.15) is 5.10 Å². The molecule has 2 aromatic heterocycles. The number of nitrogens with one attached hydrogen (secondary N) is 1. The van der Waals surface area contributed by atoms with E-state index >= 15 is 0 Å². The number of halogens is 1. The molecule has 6 heteroatoms. The fourth-order valence-electron chi connectivity index (χ4n) is 1.50. The van der Waals surface area contributed by atoms with Crippen molar-refractivity contribution in [2.75, 3.05) is 6.54 Å². The molecule has 1 N–H and O–H groups in total. The van der Waals surface area contributed by atoms with Crippen LogP contribution in [0.4, 0.5) is 0 Å². The molecule has 0 unspecified atom stereocenters. The number of hydrogen-bond acceptors (Lipinski definition) is 4. The molecular weight excluding hydrogens is 256 g/mol. The normalized spacial score (nSPS) is 10.2. The van der Waals surface area contributed by atoms with Crippen LogP contribution in [0.25, 0.3) is 0 Å². The maximum atomic E-state index is 4.24. The zero-order chi connectivity index (χ0) is 11.2. The van der Waals surface area contributed by atoms with Gasteiger partial charge < -0.3 is 5.32 Å². The van der Waals surface area contributed by atoms with Crippen molar-refractivity contribution in [3.63, 3.8) is 0 Å². The molecule has 0 saturated heterocycles. The van der Waals surface area contributed by atoms with Gasteiger partial charge in [0.15, 0.2) is 0 Å². The maximum Gasteiger partial charge on any atom is 0.0795 e. The first-order valence-electron chi connectivity index (χ1n) is 5.41. The molecule has 0 aromatic carbocycles. The quantitative estimate of drug-likeness (QED) is 0.821. The highest BCUT2D eigenvalue weighted by molar-refractivity contribution is 7.07. The first kappa shape index (κ1) is 14.2. The van der Waals surface area contributed by atoms with Crippen LogP contribution in [0.1, 0.15) is 17.7 Å². The molecule has 17 heavy (non-hydrogen) atoms. The molecule has 94 valence electrons. The van der Waals surface area contributed by atoms with Crippen LogP contribution in [0, 0.1) is 6.92 Å². The second-order valence-corrected chi connectivity index (χ2v) is 4.51. The lowest BCUT2D eigenvalue weighted by Gasteiger charge is -2.03. The van der Waals surface area contributed by atoms with Crippen LogP contribution in [0.15, 0.2) is 23.3 Å². The van der Waals surface area contributed by atoms with Crippen molar-refractivity contribution < 1.29 is 0 Å². The molecule has 0 bridgehead atoms. The van der Waals surface area contributed by atoms with Gasteiger partial charge in [-0.25, -0.2) is 4.98 Å². The molecule has 0 aliphatic heterocycles. The first-order chi connectivity index (χ1) is 7.84. The number of aryl methyl sites for hydroxylation is 2. The molecular formula is C11H17ClN4S. The van der Waals surface area contributed by atoms with Gasteiger partial charge >= 0.3 is 0 Å². The van der Waals surface area contributed by atoms with Crippen LogP contribution in [0.5, 0.6) is 0 Å². The summed E-state index contributed by atoms with van der Waals surface area (Å²) in [4.78, 5) is 4.21. The highest BCUT2D eigenvalue weighted by atomic mass is 35.5. The summed E-state index contributed by atoms with van der Waals surface area (Å²) in [6, 6.07) is 0. The van der Waals surface area contributed by atoms with Crippen molar-refractivity contribution >= 4 is 23.7 Å². The summed E-state index contributed by atoms with van der Waals surface area (Å²) in [7, 11) is 0. The number of hydrogen-bond donors (Lipinski definition) is 1.